The predicted octanol–water partition coefficient (Wildman–Crippen LogP) is 2.18. The van der Waals surface area contributed by atoms with E-state index in [0.717, 1.165) is 8.66 Å². The van der Waals surface area contributed by atoms with Gasteiger partial charge in [0.2, 0.25) is 0 Å². The lowest BCUT2D eigenvalue weighted by atomic mass is 10.1. The van der Waals surface area contributed by atoms with Gasteiger partial charge in [0.25, 0.3) is 5.91 Å². The fourth-order valence-electron chi connectivity index (χ4n) is 1.54. The summed E-state index contributed by atoms with van der Waals surface area (Å²) < 4.78 is 1.03. The van der Waals surface area contributed by atoms with Crippen LogP contribution in [0.4, 0.5) is 0 Å². The van der Waals surface area contributed by atoms with Crippen LogP contribution in [0.5, 0.6) is 0 Å². The Morgan fingerprint density at radius 2 is 2.30 bits per heavy atom. The fraction of sp³-hybridized carbons (Fsp3) is 0.143. The van der Waals surface area contributed by atoms with E-state index in [1.807, 2.05) is 12.1 Å². The molecule has 1 amide bonds. The van der Waals surface area contributed by atoms with Crippen LogP contribution < -0.4 is 5.32 Å². The maximum Gasteiger partial charge on any atom is 0.252 e. The normalized spacial score (nSPS) is 9.70. The van der Waals surface area contributed by atoms with Crippen molar-refractivity contribution in [2.24, 2.45) is 0 Å². The van der Waals surface area contributed by atoms with Crippen LogP contribution in [0, 0.1) is 11.8 Å². The molecule has 2 N–H and O–H groups in total. The van der Waals surface area contributed by atoms with Crippen LogP contribution in [0.3, 0.4) is 0 Å². The Hall–Kier alpha value is -1.68. The van der Waals surface area contributed by atoms with Crippen molar-refractivity contribution in [3.63, 3.8) is 0 Å². The fourth-order valence-corrected chi connectivity index (χ4v) is 2.96. The average molecular weight is 351 g/mol. The Morgan fingerprint density at radius 3 is 3.00 bits per heavy atom. The molecule has 4 nitrogen and oxygen atoms in total. The topological polar surface area (TPSA) is 62.2 Å². The van der Waals surface area contributed by atoms with E-state index in [1.54, 1.807) is 23.6 Å². The number of pyridine rings is 1. The molecule has 0 atom stereocenters. The van der Waals surface area contributed by atoms with Crippen LogP contribution in [0.15, 0.2) is 34.4 Å². The zero-order chi connectivity index (χ0) is 14.4. The second kappa shape index (κ2) is 7.20. The van der Waals surface area contributed by atoms with Crippen molar-refractivity contribution in [3.05, 3.63) is 50.4 Å². The highest BCUT2D eigenvalue weighted by atomic mass is 79.9. The van der Waals surface area contributed by atoms with Crippen molar-refractivity contribution < 1.29 is 9.90 Å². The second-order valence-electron chi connectivity index (χ2n) is 3.77. The molecular weight excluding hydrogens is 340 g/mol. The Morgan fingerprint density at radius 1 is 1.45 bits per heavy atom. The quantitative estimate of drug-likeness (QED) is 0.834. The lowest BCUT2D eigenvalue weighted by molar-refractivity contribution is 0.0951. The molecule has 6 heteroatoms. The van der Waals surface area contributed by atoms with Gasteiger partial charge in [0.15, 0.2) is 0 Å². The van der Waals surface area contributed by atoms with Crippen LogP contribution in [-0.2, 0) is 6.54 Å². The van der Waals surface area contributed by atoms with Gasteiger partial charge in [-0.05, 0) is 34.1 Å². The summed E-state index contributed by atoms with van der Waals surface area (Å²) in [5, 5.41) is 11.6. The minimum atomic E-state index is -0.251. The van der Waals surface area contributed by atoms with Gasteiger partial charge in [-0.1, -0.05) is 11.8 Å². The number of aromatic nitrogens is 1. The maximum atomic E-state index is 12.1. The first-order chi connectivity index (χ1) is 9.70. The zero-order valence-electron chi connectivity index (χ0n) is 10.4. The van der Waals surface area contributed by atoms with Crippen molar-refractivity contribution in [2.75, 3.05) is 6.61 Å². The summed E-state index contributed by atoms with van der Waals surface area (Å²) in [6.07, 6.45) is 3.06. The Balaban J connectivity index is 2.09. The number of carbonyl (C=O) groups is 1. The third kappa shape index (κ3) is 3.90. The molecule has 2 heterocycles. The first kappa shape index (κ1) is 14.7. The molecule has 0 radical (unpaired) electrons. The number of aliphatic hydroxyl groups is 1. The van der Waals surface area contributed by atoms with Crippen LogP contribution in [-0.4, -0.2) is 22.6 Å². The Labute approximate surface area is 129 Å². The summed E-state index contributed by atoms with van der Waals surface area (Å²) >= 11 is 4.95. The van der Waals surface area contributed by atoms with E-state index in [4.69, 9.17) is 5.11 Å². The van der Waals surface area contributed by atoms with E-state index < -0.39 is 0 Å². The number of rotatable bonds is 3. The Bertz CT molecular complexity index is 673. The van der Waals surface area contributed by atoms with E-state index in [-0.39, 0.29) is 12.5 Å². The maximum absolute atomic E-state index is 12.1. The highest BCUT2D eigenvalue weighted by Gasteiger charge is 2.10. The number of hydrogen-bond acceptors (Lipinski definition) is 4. The molecule has 2 rings (SSSR count). The van der Waals surface area contributed by atoms with Gasteiger partial charge in [0.05, 0.1) is 21.5 Å². The standard InChI is InChI=1S/C14H11BrN2O2S/c15-13-4-3-11(20-13)9-17-14(19)12-5-6-16-8-10(12)2-1-7-18/h3-6,8,18H,7,9H2,(H,17,19). The molecule has 0 spiro atoms. The van der Waals surface area contributed by atoms with Gasteiger partial charge in [-0.2, -0.15) is 0 Å². The molecule has 0 aliphatic carbocycles. The predicted molar refractivity (Wildman–Crippen MR) is 81.4 cm³/mol. The van der Waals surface area contributed by atoms with Gasteiger partial charge in [-0.3, -0.25) is 9.78 Å². The lowest BCUT2D eigenvalue weighted by Crippen LogP contribution is -2.23. The number of amides is 1. The van der Waals surface area contributed by atoms with Gasteiger partial charge >= 0.3 is 0 Å². The molecule has 0 bridgehead atoms. The largest absolute Gasteiger partial charge is 0.384 e. The van der Waals surface area contributed by atoms with E-state index in [9.17, 15) is 4.79 Å². The summed E-state index contributed by atoms with van der Waals surface area (Å²) in [5.74, 6) is 5.03. The van der Waals surface area contributed by atoms with Crippen molar-refractivity contribution in [3.8, 4) is 11.8 Å². The third-order valence-electron chi connectivity index (χ3n) is 2.42. The number of carbonyl (C=O) groups excluding carboxylic acids is 1. The summed E-state index contributed by atoms with van der Waals surface area (Å²) in [5.41, 5.74) is 0.961. The van der Waals surface area contributed by atoms with Crippen molar-refractivity contribution in [1.82, 2.24) is 10.3 Å². The number of nitrogens with zero attached hydrogens (tertiary/aromatic N) is 1. The molecule has 0 saturated carbocycles. The third-order valence-corrected chi connectivity index (χ3v) is 4.04. The number of hydrogen-bond donors (Lipinski definition) is 2. The number of halogens is 1. The van der Waals surface area contributed by atoms with Gasteiger partial charge in [0, 0.05) is 17.3 Å². The molecule has 0 aliphatic rings. The summed E-state index contributed by atoms with van der Waals surface area (Å²) in [7, 11) is 0. The zero-order valence-corrected chi connectivity index (χ0v) is 12.8. The summed E-state index contributed by atoms with van der Waals surface area (Å²) in [6.45, 7) is 0.212. The van der Waals surface area contributed by atoms with Crippen LogP contribution >= 0.6 is 27.3 Å². The first-order valence-corrected chi connectivity index (χ1v) is 7.38. The van der Waals surface area contributed by atoms with Gasteiger partial charge in [-0.25, -0.2) is 0 Å². The molecule has 0 fully saturated rings. The van der Waals surface area contributed by atoms with E-state index in [0.29, 0.717) is 17.7 Å². The highest BCUT2D eigenvalue weighted by molar-refractivity contribution is 9.11. The molecule has 2 aromatic heterocycles. The smallest absolute Gasteiger partial charge is 0.252 e. The SMILES string of the molecule is O=C(NCc1ccc(Br)s1)c1ccncc1C#CCO. The average Bonchev–Trinajstić information content (AvgIpc) is 2.88. The van der Waals surface area contributed by atoms with Crippen LogP contribution in [0.1, 0.15) is 20.8 Å². The first-order valence-electron chi connectivity index (χ1n) is 5.77. The van der Waals surface area contributed by atoms with Gasteiger partial charge in [-0.15, -0.1) is 11.3 Å². The van der Waals surface area contributed by atoms with Crippen molar-refractivity contribution in [1.29, 1.82) is 0 Å². The molecule has 0 unspecified atom stereocenters. The van der Waals surface area contributed by atoms with Crippen LogP contribution in [0.25, 0.3) is 0 Å². The molecule has 0 aliphatic heterocycles. The van der Waals surface area contributed by atoms with Crippen molar-refractivity contribution in [2.45, 2.75) is 6.54 Å². The molecule has 0 aromatic carbocycles. The molecule has 102 valence electrons. The monoisotopic (exact) mass is 350 g/mol. The lowest BCUT2D eigenvalue weighted by Gasteiger charge is -2.05. The van der Waals surface area contributed by atoms with Gasteiger partial charge < -0.3 is 10.4 Å². The highest BCUT2D eigenvalue weighted by Crippen LogP contribution is 2.21. The molecule has 20 heavy (non-hydrogen) atoms. The van der Waals surface area contributed by atoms with Crippen LogP contribution in [0.2, 0.25) is 0 Å². The van der Waals surface area contributed by atoms with Crippen molar-refractivity contribution >= 4 is 33.2 Å². The van der Waals surface area contributed by atoms with E-state index >= 15 is 0 Å². The summed E-state index contributed by atoms with van der Waals surface area (Å²) in [6, 6.07) is 5.51. The molecule has 2 aromatic rings. The molecule has 0 saturated heterocycles. The molecular formula is C14H11BrN2O2S. The number of nitrogens with one attached hydrogen (secondary N) is 1. The van der Waals surface area contributed by atoms with E-state index in [2.05, 4.69) is 38.1 Å². The van der Waals surface area contributed by atoms with E-state index in [1.165, 1.54) is 6.20 Å². The van der Waals surface area contributed by atoms with Gasteiger partial charge in [0.1, 0.15) is 6.61 Å². The second-order valence-corrected chi connectivity index (χ2v) is 6.32. The number of aliphatic hydroxyl groups excluding tert-OH is 1. The minimum absolute atomic E-state index is 0.209. The number of thiophene rings is 1. The Kier molecular flexibility index (Phi) is 5.30. The minimum Gasteiger partial charge on any atom is -0.384 e. The summed E-state index contributed by atoms with van der Waals surface area (Å²) in [4.78, 5) is 17.1.